The van der Waals surface area contributed by atoms with Crippen molar-refractivity contribution in [1.29, 1.82) is 0 Å². The van der Waals surface area contributed by atoms with Gasteiger partial charge in [-0.05, 0) is 36.0 Å². The van der Waals surface area contributed by atoms with E-state index in [1.807, 2.05) is 12.1 Å². The van der Waals surface area contributed by atoms with Crippen LogP contribution in [0.3, 0.4) is 0 Å². The van der Waals surface area contributed by atoms with Gasteiger partial charge in [0.2, 0.25) is 5.91 Å². The van der Waals surface area contributed by atoms with E-state index in [2.05, 4.69) is 17.0 Å². The number of nitrogens with zero attached hydrogens (tertiary/aromatic N) is 2. The van der Waals surface area contributed by atoms with Crippen molar-refractivity contribution in [1.82, 2.24) is 4.90 Å². The van der Waals surface area contributed by atoms with Crippen LogP contribution in [0, 0.1) is 17.8 Å². The van der Waals surface area contributed by atoms with Gasteiger partial charge in [0, 0.05) is 38.3 Å². The van der Waals surface area contributed by atoms with Gasteiger partial charge in [0.25, 0.3) is 0 Å². The van der Waals surface area contributed by atoms with Gasteiger partial charge in [-0.25, -0.2) is 0 Å². The predicted molar refractivity (Wildman–Crippen MR) is 88.7 cm³/mol. The van der Waals surface area contributed by atoms with E-state index in [9.17, 15) is 9.59 Å². The molecule has 6 heteroatoms. The van der Waals surface area contributed by atoms with Crippen molar-refractivity contribution in [3.63, 3.8) is 0 Å². The lowest BCUT2D eigenvalue weighted by Crippen LogP contribution is -2.26. The van der Waals surface area contributed by atoms with Crippen LogP contribution in [0.5, 0.6) is 0 Å². The SMILES string of the molecule is Cl.O=C(O)[C@H]1CC(=O)N(c2ccc(CN3CC4CC4C3)cc2)C1. The highest BCUT2D eigenvalue weighted by Crippen LogP contribution is 2.45. The van der Waals surface area contributed by atoms with Crippen LogP contribution in [0.4, 0.5) is 5.69 Å². The molecule has 2 unspecified atom stereocenters. The highest BCUT2D eigenvalue weighted by atomic mass is 35.5. The molecule has 3 fully saturated rings. The number of carbonyl (C=O) groups is 2. The molecule has 1 aromatic carbocycles. The molecule has 1 amide bonds. The Kier molecular flexibility index (Phi) is 4.34. The van der Waals surface area contributed by atoms with Gasteiger partial charge >= 0.3 is 5.97 Å². The van der Waals surface area contributed by atoms with E-state index in [0.717, 1.165) is 24.1 Å². The van der Waals surface area contributed by atoms with Crippen LogP contribution in [-0.4, -0.2) is 41.5 Å². The smallest absolute Gasteiger partial charge is 0.308 e. The van der Waals surface area contributed by atoms with Crippen molar-refractivity contribution in [3.8, 4) is 0 Å². The number of rotatable bonds is 4. The van der Waals surface area contributed by atoms with E-state index in [4.69, 9.17) is 5.11 Å². The molecule has 3 atom stereocenters. The van der Waals surface area contributed by atoms with Crippen molar-refractivity contribution in [3.05, 3.63) is 29.8 Å². The summed E-state index contributed by atoms with van der Waals surface area (Å²) < 4.78 is 0. The summed E-state index contributed by atoms with van der Waals surface area (Å²) in [6, 6.07) is 7.99. The van der Waals surface area contributed by atoms with E-state index in [1.54, 1.807) is 4.90 Å². The third-order valence-corrected chi connectivity index (χ3v) is 5.18. The minimum Gasteiger partial charge on any atom is -0.481 e. The molecule has 3 aliphatic rings. The number of halogens is 1. The molecule has 2 heterocycles. The van der Waals surface area contributed by atoms with Crippen LogP contribution in [0.25, 0.3) is 0 Å². The fourth-order valence-corrected chi connectivity index (χ4v) is 3.79. The maximum absolute atomic E-state index is 11.9. The summed E-state index contributed by atoms with van der Waals surface area (Å²) in [6.07, 6.45) is 1.52. The van der Waals surface area contributed by atoms with Crippen LogP contribution in [0.1, 0.15) is 18.4 Å². The normalized spacial score (nSPS) is 29.3. The highest BCUT2D eigenvalue weighted by molar-refractivity contribution is 5.99. The first-order chi connectivity index (χ1) is 10.6. The fraction of sp³-hybridized carbons (Fsp3) is 0.529. The lowest BCUT2D eigenvalue weighted by molar-refractivity contribution is -0.141. The lowest BCUT2D eigenvalue weighted by atomic mass is 10.1. The molecular weight excluding hydrogens is 316 g/mol. The zero-order valence-corrected chi connectivity index (χ0v) is 13.7. The molecule has 23 heavy (non-hydrogen) atoms. The fourth-order valence-electron chi connectivity index (χ4n) is 3.79. The Morgan fingerprint density at radius 3 is 2.35 bits per heavy atom. The first-order valence-corrected chi connectivity index (χ1v) is 7.94. The van der Waals surface area contributed by atoms with Gasteiger partial charge in [-0.1, -0.05) is 12.1 Å². The standard InChI is InChI=1S/C17H20N2O3.ClH/c20-16-6-14(17(21)22)10-19(16)15-3-1-11(2-4-15)7-18-8-12-5-13(12)9-18;/h1-4,12-14H,5-10H2,(H,21,22);1H/t12?,13?,14-;/m0./s1. The van der Waals surface area contributed by atoms with E-state index < -0.39 is 11.9 Å². The molecule has 0 spiro atoms. The first kappa shape index (κ1) is 16.3. The summed E-state index contributed by atoms with van der Waals surface area (Å²) in [7, 11) is 0. The second-order valence-corrected chi connectivity index (χ2v) is 6.86. The number of aliphatic carboxylic acids is 1. The largest absolute Gasteiger partial charge is 0.481 e. The van der Waals surface area contributed by atoms with Crippen molar-refractivity contribution in [2.24, 2.45) is 17.8 Å². The van der Waals surface area contributed by atoms with Gasteiger partial charge in [0.05, 0.1) is 5.92 Å². The number of hydrogen-bond donors (Lipinski definition) is 1. The Bertz CT molecular complexity index is 609. The van der Waals surface area contributed by atoms with Gasteiger partial charge in [0.15, 0.2) is 0 Å². The van der Waals surface area contributed by atoms with E-state index >= 15 is 0 Å². The molecule has 0 radical (unpaired) electrons. The van der Waals surface area contributed by atoms with Gasteiger partial charge in [0.1, 0.15) is 0 Å². The van der Waals surface area contributed by atoms with Crippen molar-refractivity contribution < 1.29 is 14.7 Å². The maximum atomic E-state index is 11.9. The Balaban J connectivity index is 0.00000156. The summed E-state index contributed by atoms with van der Waals surface area (Å²) in [5, 5.41) is 9.04. The van der Waals surface area contributed by atoms with Crippen molar-refractivity contribution in [2.75, 3.05) is 24.5 Å². The predicted octanol–water partition coefficient (Wildman–Crippen LogP) is 2.00. The molecule has 1 aromatic rings. The van der Waals surface area contributed by atoms with Crippen molar-refractivity contribution >= 4 is 30.0 Å². The second-order valence-electron chi connectivity index (χ2n) is 6.86. The zero-order valence-electron chi connectivity index (χ0n) is 12.9. The molecule has 4 rings (SSSR count). The average Bonchev–Trinajstić information content (AvgIpc) is 2.92. The third-order valence-electron chi connectivity index (χ3n) is 5.18. The highest BCUT2D eigenvalue weighted by Gasteiger charge is 2.44. The molecular formula is C17H21ClN2O3. The maximum Gasteiger partial charge on any atom is 0.308 e. The van der Waals surface area contributed by atoms with Gasteiger partial charge in [-0.15, -0.1) is 12.4 Å². The van der Waals surface area contributed by atoms with Gasteiger partial charge in [-0.2, -0.15) is 0 Å². The lowest BCUT2D eigenvalue weighted by Gasteiger charge is -2.19. The molecule has 1 aliphatic carbocycles. The van der Waals surface area contributed by atoms with Gasteiger partial charge < -0.3 is 10.0 Å². The number of carboxylic acid groups (broad SMARTS) is 1. The van der Waals surface area contributed by atoms with Crippen LogP contribution in [0.2, 0.25) is 0 Å². The minimum atomic E-state index is -0.889. The number of amides is 1. The van der Waals surface area contributed by atoms with Crippen LogP contribution >= 0.6 is 12.4 Å². The number of hydrogen-bond acceptors (Lipinski definition) is 3. The number of fused-ring (bicyclic) bond motifs is 1. The number of anilines is 1. The quantitative estimate of drug-likeness (QED) is 0.913. The number of likely N-dealkylation sites (tertiary alicyclic amines) is 1. The minimum absolute atomic E-state index is 0. The number of piperidine rings is 1. The number of carboxylic acids is 1. The Morgan fingerprint density at radius 2 is 1.78 bits per heavy atom. The number of carbonyl (C=O) groups excluding carboxylic acids is 1. The summed E-state index contributed by atoms with van der Waals surface area (Å²) in [4.78, 5) is 27.1. The molecule has 0 bridgehead atoms. The molecule has 2 saturated heterocycles. The van der Waals surface area contributed by atoms with Crippen LogP contribution < -0.4 is 4.90 Å². The second kappa shape index (κ2) is 6.13. The van der Waals surface area contributed by atoms with Crippen molar-refractivity contribution in [2.45, 2.75) is 19.4 Å². The Labute approximate surface area is 141 Å². The Morgan fingerprint density at radius 1 is 1.13 bits per heavy atom. The number of benzene rings is 1. The van der Waals surface area contributed by atoms with Crippen LogP contribution in [0.15, 0.2) is 24.3 Å². The molecule has 2 aliphatic heterocycles. The topological polar surface area (TPSA) is 60.9 Å². The average molecular weight is 337 g/mol. The molecule has 1 saturated carbocycles. The third kappa shape index (κ3) is 3.21. The molecule has 124 valence electrons. The van der Waals surface area contributed by atoms with Crippen LogP contribution in [-0.2, 0) is 16.1 Å². The zero-order chi connectivity index (χ0) is 15.3. The first-order valence-electron chi connectivity index (χ1n) is 7.94. The summed E-state index contributed by atoms with van der Waals surface area (Å²) in [5.41, 5.74) is 2.06. The summed E-state index contributed by atoms with van der Waals surface area (Å²) in [5.74, 6) is 0.312. The van der Waals surface area contributed by atoms with Gasteiger partial charge in [-0.3, -0.25) is 14.5 Å². The monoisotopic (exact) mass is 336 g/mol. The van der Waals surface area contributed by atoms with E-state index in [0.29, 0.717) is 0 Å². The summed E-state index contributed by atoms with van der Waals surface area (Å²) in [6.45, 7) is 3.69. The molecule has 0 aromatic heterocycles. The summed E-state index contributed by atoms with van der Waals surface area (Å²) >= 11 is 0. The molecule has 1 N–H and O–H groups in total. The molecule has 5 nitrogen and oxygen atoms in total. The Hall–Kier alpha value is -1.59. The van der Waals surface area contributed by atoms with E-state index in [-0.39, 0.29) is 31.3 Å². The van der Waals surface area contributed by atoms with E-state index in [1.165, 1.54) is 25.1 Å².